The second-order valence-corrected chi connectivity index (χ2v) is 10.8. The number of ether oxygens (including phenoxy) is 1. The number of nitriles is 1. The predicted molar refractivity (Wildman–Crippen MR) is 147 cm³/mol. The molecule has 0 radical (unpaired) electrons. The molecule has 7 heteroatoms. The predicted octanol–water partition coefficient (Wildman–Crippen LogP) is 5.31. The lowest BCUT2D eigenvalue weighted by atomic mass is 9.85. The summed E-state index contributed by atoms with van der Waals surface area (Å²) in [7, 11) is 0. The highest BCUT2D eigenvalue weighted by Crippen LogP contribution is 2.61. The van der Waals surface area contributed by atoms with Gasteiger partial charge in [0.25, 0.3) is 0 Å². The molecule has 0 saturated heterocycles. The van der Waals surface area contributed by atoms with Crippen molar-refractivity contribution in [1.29, 1.82) is 5.26 Å². The summed E-state index contributed by atoms with van der Waals surface area (Å²) in [6.07, 6.45) is 4.30. The van der Waals surface area contributed by atoms with Gasteiger partial charge in [0.2, 0.25) is 5.91 Å². The third-order valence-corrected chi connectivity index (χ3v) is 7.71. The van der Waals surface area contributed by atoms with Gasteiger partial charge < -0.3 is 20.3 Å². The number of allylic oxidation sites excluding steroid dienone is 1. The minimum atomic E-state index is -1.04. The molecule has 3 aromatic rings. The Kier molecular flexibility index (Phi) is 6.75. The zero-order chi connectivity index (χ0) is 27.8. The number of carboxylic acids is 1. The molecule has 198 valence electrons. The Balaban J connectivity index is 1.42. The van der Waals surface area contributed by atoms with Gasteiger partial charge in [0.1, 0.15) is 5.75 Å². The fourth-order valence-corrected chi connectivity index (χ4v) is 5.45. The largest absolute Gasteiger partial charge is 0.493 e. The summed E-state index contributed by atoms with van der Waals surface area (Å²) in [4.78, 5) is 24.4. The van der Waals surface area contributed by atoms with Crippen LogP contribution in [0.2, 0.25) is 0 Å². The van der Waals surface area contributed by atoms with Gasteiger partial charge >= 0.3 is 5.97 Å². The van der Waals surface area contributed by atoms with Crippen molar-refractivity contribution in [3.05, 3.63) is 95.1 Å². The van der Waals surface area contributed by atoms with Crippen LogP contribution in [-0.2, 0) is 27.0 Å². The first-order valence-electron chi connectivity index (χ1n) is 12.9. The Hall–Kier alpha value is -4.41. The maximum absolute atomic E-state index is 13.5. The SMILES string of the molecule is CC(C)(O)c1cccc(-c2ccc3c(c2)[C@]2(CCO3)C[C@H]2C(=O)Nc2cc(C#N)ccc2CC=CC(=O)O)c1. The van der Waals surface area contributed by atoms with E-state index in [1.165, 1.54) is 6.08 Å². The van der Waals surface area contributed by atoms with Crippen LogP contribution in [0, 0.1) is 17.2 Å². The van der Waals surface area contributed by atoms with Crippen molar-refractivity contribution < 1.29 is 24.5 Å². The number of carboxylic acid groups (broad SMARTS) is 1. The number of nitrogens with one attached hydrogen (secondary N) is 1. The van der Waals surface area contributed by atoms with Gasteiger partial charge in [0, 0.05) is 28.7 Å². The molecule has 1 fully saturated rings. The molecule has 0 unspecified atom stereocenters. The lowest BCUT2D eigenvalue weighted by Gasteiger charge is -2.28. The Morgan fingerprint density at radius 2 is 1.95 bits per heavy atom. The van der Waals surface area contributed by atoms with Gasteiger partial charge in [-0.2, -0.15) is 5.26 Å². The number of hydrogen-bond donors (Lipinski definition) is 3. The smallest absolute Gasteiger partial charge is 0.327 e. The highest BCUT2D eigenvalue weighted by Gasteiger charge is 2.61. The normalized spacial score (nSPS) is 19.7. The number of nitrogens with zero attached hydrogens (tertiary/aromatic N) is 1. The van der Waals surface area contributed by atoms with Crippen molar-refractivity contribution >= 4 is 17.6 Å². The molecule has 2 aliphatic rings. The zero-order valence-electron chi connectivity index (χ0n) is 21.9. The molecular weight excluding hydrogens is 492 g/mol. The van der Waals surface area contributed by atoms with Crippen molar-refractivity contribution in [1.82, 2.24) is 0 Å². The number of carbonyl (C=O) groups is 2. The molecule has 7 nitrogen and oxygen atoms in total. The van der Waals surface area contributed by atoms with Crippen LogP contribution in [0.5, 0.6) is 5.75 Å². The van der Waals surface area contributed by atoms with Gasteiger partial charge in [-0.3, -0.25) is 4.79 Å². The standard InChI is InChI=1S/C32H30N2O5/c1-31(2,38)24-7-3-6-22(16-24)23-11-12-28-25(17-23)32(13-14-39-28)18-26(32)30(37)34-27-15-20(19-33)9-10-21(27)5-4-8-29(35)36/h3-4,6-12,15-17,26,38H,5,13-14,18H2,1-2H3,(H,34,37)(H,35,36)/t26-,32-/m0/s1. The van der Waals surface area contributed by atoms with Crippen LogP contribution in [0.3, 0.4) is 0 Å². The highest BCUT2D eigenvalue weighted by atomic mass is 16.5. The highest BCUT2D eigenvalue weighted by molar-refractivity contribution is 5.97. The van der Waals surface area contributed by atoms with Crippen LogP contribution in [0.15, 0.2) is 72.8 Å². The first-order valence-corrected chi connectivity index (χ1v) is 12.9. The summed E-state index contributed by atoms with van der Waals surface area (Å²) in [5, 5.41) is 31.8. The second kappa shape index (κ2) is 10.0. The van der Waals surface area contributed by atoms with Crippen LogP contribution in [0.4, 0.5) is 5.69 Å². The Labute approximate surface area is 227 Å². The average Bonchev–Trinajstić information content (AvgIpc) is 3.63. The van der Waals surface area contributed by atoms with E-state index >= 15 is 0 Å². The topological polar surface area (TPSA) is 120 Å². The van der Waals surface area contributed by atoms with Gasteiger partial charge in [0.05, 0.1) is 23.8 Å². The average molecular weight is 523 g/mol. The summed E-state index contributed by atoms with van der Waals surface area (Å²) in [5.41, 5.74) is 4.16. The van der Waals surface area contributed by atoms with Gasteiger partial charge in [-0.05, 0) is 85.7 Å². The molecule has 39 heavy (non-hydrogen) atoms. The second-order valence-electron chi connectivity index (χ2n) is 10.8. The minimum absolute atomic E-state index is 0.129. The van der Waals surface area contributed by atoms with E-state index in [4.69, 9.17) is 9.84 Å². The monoisotopic (exact) mass is 522 g/mol. The maximum Gasteiger partial charge on any atom is 0.327 e. The lowest BCUT2D eigenvalue weighted by Crippen LogP contribution is -2.27. The fraction of sp³-hybridized carbons (Fsp3) is 0.281. The van der Waals surface area contributed by atoms with E-state index in [9.17, 15) is 20.0 Å². The number of amides is 1. The van der Waals surface area contributed by atoms with Gasteiger partial charge in [-0.15, -0.1) is 0 Å². The summed E-state index contributed by atoms with van der Waals surface area (Å²) in [6.45, 7) is 4.05. The van der Waals surface area contributed by atoms with Gasteiger partial charge in [-0.1, -0.05) is 36.4 Å². The molecule has 3 aromatic carbocycles. The van der Waals surface area contributed by atoms with Crippen molar-refractivity contribution in [3.8, 4) is 22.9 Å². The fourth-order valence-electron chi connectivity index (χ4n) is 5.45. The molecule has 1 aliphatic carbocycles. The quantitative estimate of drug-likeness (QED) is 0.362. The molecular formula is C32H30N2O5. The zero-order valence-corrected chi connectivity index (χ0v) is 21.9. The van der Waals surface area contributed by atoms with Crippen LogP contribution in [0.25, 0.3) is 11.1 Å². The van der Waals surface area contributed by atoms with Crippen molar-refractivity contribution in [3.63, 3.8) is 0 Å². The van der Waals surface area contributed by atoms with E-state index in [1.54, 1.807) is 32.0 Å². The first-order chi connectivity index (χ1) is 18.6. The van der Waals surface area contributed by atoms with E-state index in [2.05, 4.69) is 17.5 Å². The molecule has 0 bridgehead atoms. The Morgan fingerprint density at radius 3 is 2.69 bits per heavy atom. The Bertz CT molecular complexity index is 1530. The molecule has 1 heterocycles. The van der Waals surface area contributed by atoms with Crippen molar-refractivity contribution in [2.75, 3.05) is 11.9 Å². The molecule has 0 aromatic heterocycles. The summed E-state index contributed by atoms with van der Waals surface area (Å²) >= 11 is 0. The van der Waals surface area contributed by atoms with Crippen LogP contribution in [0.1, 0.15) is 48.9 Å². The summed E-state index contributed by atoms with van der Waals surface area (Å²) in [6, 6.07) is 21.0. The number of benzene rings is 3. The van der Waals surface area contributed by atoms with E-state index in [0.29, 0.717) is 30.7 Å². The molecule has 1 aliphatic heterocycles. The number of aliphatic hydroxyl groups is 1. The van der Waals surface area contributed by atoms with Crippen LogP contribution >= 0.6 is 0 Å². The number of aliphatic carboxylic acids is 1. The van der Waals surface area contributed by atoms with E-state index in [0.717, 1.165) is 46.1 Å². The van der Waals surface area contributed by atoms with Gasteiger partial charge in [0.15, 0.2) is 0 Å². The summed E-state index contributed by atoms with van der Waals surface area (Å²) in [5.74, 6) is -0.648. The first kappa shape index (κ1) is 26.2. The number of hydrogen-bond acceptors (Lipinski definition) is 5. The number of fused-ring (bicyclic) bond motifs is 2. The molecule has 1 amide bonds. The minimum Gasteiger partial charge on any atom is -0.493 e. The number of rotatable bonds is 7. The number of anilines is 1. The van der Waals surface area contributed by atoms with E-state index in [-0.39, 0.29) is 17.2 Å². The van der Waals surface area contributed by atoms with Crippen molar-refractivity contribution in [2.45, 2.75) is 44.1 Å². The van der Waals surface area contributed by atoms with E-state index < -0.39 is 11.6 Å². The van der Waals surface area contributed by atoms with Gasteiger partial charge in [-0.25, -0.2) is 4.79 Å². The molecule has 5 rings (SSSR count). The van der Waals surface area contributed by atoms with Crippen LogP contribution < -0.4 is 10.1 Å². The molecule has 3 N–H and O–H groups in total. The van der Waals surface area contributed by atoms with Crippen LogP contribution in [-0.4, -0.2) is 28.7 Å². The lowest BCUT2D eigenvalue weighted by molar-refractivity contribution is -0.131. The third kappa shape index (κ3) is 5.29. The summed E-state index contributed by atoms with van der Waals surface area (Å²) < 4.78 is 5.96. The van der Waals surface area contributed by atoms with E-state index in [1.807, 2.05) is 36.4 Å². The Morgan fingerprint density at radius 1 is 1.15 bits per heavy atom. The third-order valence-electron chi connectivity index (χ3n) is 7.71. The molecule has 1 saturated carbocycles. The van der Waals surface area contributed by atoms with Crippen molar-refractivity contribution in [2.24, 2.45) is 5.92 Å². The maximum atomic E-state index is 13.5. The molecule has 1 spiro atoms. The molecule has 2 atom stereocenters. The number of carbonyl (C=O) groups excluding carboxylic acids is 1.